The Balaban J connectivity index is 1.87. The second kappa shape index (κ2) is 3.92. The van der Waals surface area contributed by atoms with Crippen molar-refractivity contribution in [3.63, 3.8) is 0 Å². The van der Waals surface area contributed by atoms with Crippen LogP contribution in [0.5, 0.6) is 0 Å². The molecule has 2 rings (SSSR count). The van der Waals surface area contributed by atoms with Crippen LogP contribution in [-0.4, -0.2) is 44.7 Å². The third-order valence-electron chi connectivity index (χ3n) is 2.72. The van der Waals surface area contributed by atoms with Gasteiger partial charge in [-0.25, -0.2) is 0 Å². The van der Waals surface area contributed by atoms with Crippen LogP contribution in [0.4, 0.5) is 0 Å². The minimum atomic E-state index is 0.0317. The van der Waals surface area contributed by atoms with Crippen molar-refractivity contribution < 1.29 is 9.47 Å². The van der Waals surface area contributed by atoms with E-state index in [-0.39, 0.29) is 11.8 Å². The smallest absolute Gasteiger partial charge is 0.108 e. The summed E-state index contributed by atoms with van der Waals surface area (Å²) in [6.07, 6.45) is 1.26. The Morgan fingerprint density at radius 1 is 1.46 bits per heavy atom. The zero-order valence-electron chi connectivity index (χ0n) is 8.14. The highest BCUT2D eigenvalue weighted by Gasteiger charge is 2.36. The van der Waals surface area contributed by atoms with E-state index in [0.717, 1.165) is 39.3 Å². The van der Waals surface area contributed by atoms with Gasteiger partial charge in [0.25, 0.3) is 0 Å². The molecule has 2 aliphatic rings. The van der Waals surface area contributed by atoms with Gasteiger partial charge in [0, 0.05) is 13.1 Å². The lowest BCUT2D eigenvalue weighted by molar-refractivity contribution is -0.0916. The highest BCUT2D eigenvalue weighted by molar-refractivity contribution is 4.95. The summed E-state index contributed by atoms with van der Waals surface area (Å²) in [7, 11) is 0. The van der Waals surface area contributed by atoms with E-state index in [4.69, 9.17) is 9.47 Å². The van der Waals surface area contributed by atoms with Gasteiger partial charge in [0.15, 0.2) is 0 Å². The van der Waals surface area contributed by atoms with E-state index < -0.39 is 0 Å². The fourth-order valence-electron chi connectivity index (χ4n) is 1.85. The molecule has 0 aromatic heterocycles. The molecule has 2 saturated heterocycles. The van der Waals surface area contributed by atoms with Crippen LogP contribution in [0.25, 0.3) is 0 Å². The number of ether oxygens (including phenoxy) is 2. The van der Waals surface area contributed by atoms with Crippen molar-refractivity contribution in [1.29, 1.82) is 0 Å². The average molecular weight is 186 g/mol. The molecule has 0 amide bonds. The molecule has 0 aromatic carbocycles. The summed E-state index contributed by atoms with van der Waals surface area (Å²) in [5, 5.41) is 6.83. The van der Waals surface area contributed by atoms with Crippen LogP contribution in [0, 0.1) is 0 Å². The number of rotatable bonds is 1. The largest absolute Gasteiger partial charge is 0.378 e. The Morgan fingerprint density at radius 3 is 2.92 bits per heavy atom. The van der Waals surface area contributed by atoms with Crippen LogP contribution in [0.3, 0.4) is 0 Å². The monoisotopic (exact) mass is 186 g/mol. The summed E-state index contributed by atoms with van der Waals surface area (Å²) in [6, 6.07) is 0. The van der Waals surface area contributed by atoms with Crippen molar-refractivity contribution in [2.24, 2.45) is 0 Å². The number of nitrogens with one attached hydrogen (secondary N) is 2. The van der Waals surface area contributed by atoms with E-state index in [0.29, 0.717) is 0 Å². The highest BCUT2D eigenvalue weighted by Crippen LogP contribution is 2.15. The summed E-state index contributed by atoms with van der Waals surface area (Å²) in [4.78, 5) is 0. The molecular formula is C9H18N2O2. The molecule has 2 N–H and O–H groups in total. The molecule has 2 unspecified atom stereocenters. The van der Waals surface area contributed by atoms with Gasteiger partial charge in [-0.05, 0) is 6.42 Å². The van der Waals surface area contributed by atoms with Crippen LogP contribution in [0.15, 0.2) is 0 Å². The SMILES string of the molecule is CCC1NCC2(COCCN2)CO1. The molecule has 13 heavy (non-hydrogen) atoms. The van der Waals surface area contributed by atoms with E-state index in [1.165, 1.54) is 0 Å². The Kier molecular flexibility index (Phi) is 2.83. The Hall–Kier alpha value is -0.160. The minimum Gasteiger partial charge on any atom is -0.378 e. The molecule has 2 fully saturated rings. The Labute approximate surface area is 79.0 Å². The van der Waals surface area contributed by atoms with Gasteiger partial charge in [-0.15, -0.1) is 0 Å². The van der Waals surface area contributed by atoms with E-state index in [1.807, 2.05) is 0 Å². The molecule has 0 radical (unpaired) electrons. The van der Waals surface area contributed by atoms with E-state index >= 15 is 0 Å². The fraction of sp³-hybridized carbons (Fsp3) is 1.00. The minimum absolute atomic E-state index is 0.0317. The number of hydrogen-bond acceptors (Lipinski definition) is 4. The zero-order chi connectivity index (χ0) is 9.15. The first-order valence-electron chi connectivity index (χ1n) is 5.02. The van der Waals surface area contributed by atoms with Gasteiger partial charge >= 0.3 is 0 Å². The number of hydrogen-bond donors (Lipinski definition) is 2. The van der Waals surface area contributed by atoms with Crippen molar-refractivity contribution in [2.45, 2.75) is 25.1 Å². The van der Waals surface area contributed by atoms with Crippen LogP contribution in [0.2, 0.25) is 0 Å². The molecule has 0 aromatic rings. The lowest BCUT2D eigenvalue weighted by Gasteiger charge is -2.43. The lowest BCUT2D eigenvalue weighted by Crippen LogP contribution is -2.67. The second-order valence-electron chi connectivity index (χ2n) is 3.85. The van der Waals surface area contributed by atoms with Crippen molar-refractivity contribution in [3.05, 3.63) is 0 Å². The summed E-state index contributed by atoms with van der Waals surface area (Å²) in [6.45, 7) is 6.35. The first-order valence-corrected chi connectivity index (χ1v) is 5.02. The molecule has 4 nitrogen and oxygen atoms in total. The van der Waals surface area contributed by atoms with Crippen molar-refractivity contribution >= 4 is 0 Å². The van der Waals surface area contributed by atoms with Gasteiger partial charge in [-0.1, -0.05) is 6.92 Å². The van der Waals surface area contributed by atoms with Crippen molar-refractivity contribution in [3.8, 4) is 0 Å². The summed E-state index contributed by atoms with van der Waals surface area (Å²) in [5.74, 6) is 0. The van der Waals surface area contributed by atoms with Gasteiger partial charge in [0.2, 0.25) is 0 Å². The molecule has 2 heterocycles. The van der Waals surface area contributed by atoms with Crippen molar-refractivity contribution in [2.75, 3.05) is 32.9 Å². The van der Waals surface area contributed by atoms with Gasteiger partial charge in [-0.3, -0.25) is 5.32 Å². The molecule has 1 spiro atoms. The zero-order valence-corrected chi connectivity index (χ0v) is 8.14. The lowest BCUT2D eigenvalue weighted by atomic mass is 9.99. The average Bonchev–Trinajstić information content (AvgIpc) is 2.20. The van der Waals surface area contributed by atoms with Gasteiger partial charge in [0.05, 0.1) is 25.4 Å². The normalized spacial score (nSPS) is 40.8. The van der Waals surface area contributed by atoms with E-state index in [1.54, 1.807) is 0 Å². The first kappa shape index (κ1) is 9.40. The molecule has 4 heteroatoms. The molecule has 0 bridgehead atoms. The maximum atomic E-state index is 5.67. The predicted molar refractivity (Wildman–Crippen MR) is 49.6 cm³/mol. The molecule has 2 aliphatic heterocycles. The van der Waals surface area contributed by atoms with Crippen LogP contribution < -0.4 is 10.6 Å². The quantitative estimate of drug-likeness (QED) is 0.590. The Morgan fingerprint density at radius 2 is 2.38 bits per heavy atom. The summed E-state index contributed by atoms with van der Waals surface area (Å²) in [5.41, 5.74) is 0.0317. The molecule has 0 aliphatic carbocycles. The van der Waals surface area contributed by atoms with E-state index in [9.17, 15) is 0 Å². The van der Waals surface area contributed by atoms with Gasteiger partial charge in [0.1, 0.15) is 6.23 Å². The third-order valence-corrected chi connectivity index (χ3v) is 2.72. The Bertz CT molecular complexity index is 159. The molecule has 0 saturated carbocycles. The molecule has 76 valence electrons. The van der Waals surface area contributed by atoms with Crippen LogP contribution in [-0.2, 0) is 9.47 Å². The molecule has 2 atom stereocenters. The van der Waals surface area contributed by atoms with Crippen LogP contribution in [0.1, 0.15) is 13.3 Å². The highest BCUT2D eigenvalue weighted by atomic mass is 16.5. The summed E-state index contributed by atoms with van der Waals surface area (Å²) >= 11 is 0. The van der Waals surface area contributed by atoms with Gasteiger partial charge < -0.3 is 14.8 Å². The topological polar surface area (TPSA) is 42.5 Å². The van der Waals surface area contributed by atoms with Gasteiger partial charge in [-0.2, -0.15) is 0 Å². The predicted octanol–water partition coefficient (Wildman–Crippen LogP) is -0.299. The third kappa shape index (κ3) is 2.02. The standard InChI is InChI=1S/C9H18N2O2/c1-2-8-10-5-9(7-13-8)6-12-4-3-11-9/h8,10-11H,2-7H2,1H3. The fourth-order valence-corrected chi connectivity index (χ4v) is 1.85. The maximum absolute atomic E-state index is 5.67. The van der Waals surface area contributed by atoms with Crippen LogP contribution >= 0.6 is 0 Å². The molecular weight excluding hydrogens is 168 g/mol. The first-order chi connectivity index (χ1) is 6.35. The summed E-state index contributed by atoms with van der Waals surface area (Å²) < 4.78 is 11.1. The maximum Gasteiger partial charge on any atom is 0.108 e. The van der Waals surface area contributed by atoms with Crippen molar-refractivity contribution in [1.82, 2.24) is 10.6 Å². The van der Waals surface area contributed by atoms with E-state index in [2.05, 4.69) is 17.6 Å². The number of morpholine rings is 1. The second-order valence-corrected chi connectivity index (χ2v) is 3.85.